The van der Waals surface area contributed by atoms with Gasteiger partial charge in [0.1, 0.15) is 0 Å². The van der Waals surface area contributed by atoms with Crippen molar-refractivity contribution in [1.82, 2.24) is 10.2 Å². The molecule has 2 aliphatic rings. The molecule has 3 nitrogen and oxygen atoms in total. The molecule has 1 aliphatic heterocycles. The molecule has 4 heteroatoms. The van der Waals surface area contributed by atoms with Crippen LogP contribution >= 0.6 is 15.9 Å². The van der Waals surface area contributed by atoms with E-state index in [1.165, 1.54) is 24.8 Å². The van der Waals surface area contributed by atoms with Crippen LogP contribution in [-0.4, -0.2) is 37.5 Å². The second-order valence-corrected chi connectivity index (χ2v) is 6.54. The van der Waals surface area contributed by atoms with Crippen LogP contribution in [0.2, 0.25) is 0 Å². The van der Waals surface area contributed by atoms with Crippen LogP contribution in [-0.2, 0) is 5.41 Å². The number of hydrogen-bond acceptors (Lipinski definition) is 3. The Kier molecular flexibility index (Phi) is 3.52. The highest BCUT2D eigenvalue weighted by Crippen LogP contribution is 2.43. The van der Waals surface area contributed by atoms with Crippen molar-refractivity contribution in [2.45, 2.75) is 24.7 Å². The Bertz CT molecular complexity index is 477. The summed E-state index contributed by atoms with van der Waals surface area (Å²) in [5.41, 5.74) is 1.77. The average molecular weight is 322 g/mol. The van der Waals surface area contributed by atoms with E-state index < -0.39 is 0 Å². The number of aliphatic imine (C=N–C) groups is 1. The van der Waals surface area contributed by atoms with Gasteiger partial charge in [-0.3, -0.25) is 4.99 Å². The molecule has 102 valence electrons. The third kappa shape index (κ3) is 2.50. The second-order valence-electron chi connectivity index (χ2n) is 5.62. The number of guanidine groups is 1. The maximum absolute atomic E-state index is 4.51. The summed E-state index contributed by atoms with van der Waals surface area (Å²) in [4.78, 5) is 6.71. The summed E-state index contributed by atoms with van der Waals surface area (Å²) >= 11 is 3.51. The summed E-state index contributed by atoms with van der Waals surface area (Å²) in [6.45, 7) is 2.95. The Morgan fingerprint density at radius 1 is 1.32 bits per heavy atom. The van der Waals surface area contributed by atoms with E-state index in [0.29, 0.717) is 5.41 Å². The van der Waals surface area contributed by atoms with Crippen LogP contribution in [0, 0.1) is 0 Å². The lowest BCUT2D eigenvalue weighted by Gasteiger charge is -2.43. The quantitative estimate of drug-likeness (QED) is 0.927. The van der Waals surface area contributed by atoms with Crippen molar-refractivity contribution < 1.29 is 0 Å². The Balaban J connectivity index is 1.71. The summed E-state index contributed by atoms with van der Waals surface area (Å²) in [6, 6.07) is 8.80. The van der Waals surface area contributed by atoms with Crippen LogP contribution in [0.1, 0.15) is 24.8 Å². The van der Waals surface area contributed by atoms with E-state index in [9.17, 15) is 0 Å². The fourth-order valence-corrected chi connectivity index (χ4v) is 3.21. The van der Waals surface area contributed by atoms with E-state index in [1.807, 2.05) is 0 Å². The molecule has 0 atom stereocenters. The Labute approximate surface area is 123 Å². The van der Waals surface area contributed by atoms with Crippen molar-refractivity contribution in [3.63, 3.8) is 0 Å². The number of nitrogens with one attached hydrogen (secondary N) is 1. The third-order valence-electron chi connectivity index (χ3n) is 4.41. The molecule has 1 heterocycles. The maximum atomic E-state index is 4.51. The first-order valence-corrected chi connectivity index (χ1v) is 7.74. The van der Waals surface area contributed by atoms with Gasteiger partial charge in [0.15, 0.2) is 5.96 Å². The van der Waals surface area contributed by atoms with Crippen molar-refractivity contribution in [2.24, 2.45) is 4.99 Å². The zero-order valence-corrected chi connectivity index (χ0v) is 12.9. The standard InChI is InChI=1S/C15H20BrN3/c1-19-10-9-17-14(19)18-11-15(7-2-8-15)12-3-5-13(16)6-4-12/h3-6H,2,7-11H2,1H3,(H,17,18). The topological polar surface area (TPSA) is 27.6 Å². The highest BCUT2D eigenvalue weighted by Gasteiger charge is 2.38. The van der Waals surface area contributed by atoms with Gasteiger partial charge >= 0.3 is 0 Å². The molecule has 0 aromatic heterocycles. The van der Waals surface area contributed by atoms with E-state index in [1.54, 1.807) is 0 Å². The van der Waals surface area contributed by atoms with Crippen molar-refractivity contribution in [3.8, 4) is 0 Å². The molecule has 1 aromatic rings. The van der Waals surface area contributed by atoms with Crippen LogP contribution < -0.4 is 5.32 Å². The van der Waals surface area contributed by atoms with E-state index >= 15 is 0 Å². The maximum Gasteiger partial charge on any atom is 0.193 e. The largest absolute Gasteiger partial charge is 0.355 e. The molecule has 19 heavy (non-hydrogen) atoms. The van der Waals surface area contributed by atoms with E-state index in [4.69, 9.17) is 0 Å². The highest BCUT2D eigenvalue weighted by molar-refractivity contribution is 9.10. The predicted octanol–water partition coefficient (Wildman–Crippen LogP) is 2.76. The van der Waals surface area contributed by atoms with E-state index in [0.717, 1.165) is 30.1 Å². The molecule has 0 amide bonds. The summed E-state index contributed by atoms with van der Waals surface area (Å²) < 4.78 is 1.15. The molecule has 1 saturated carbocycles. The number of hydrogen-bond donors (Lipinski definition) is 1. The number of benzene rings is 1. The zero-order chi connectivity index (χ0) is 13.3. The first-order valence-electron chi connectivity index (χ1n) is 6.95. The fourth-order valence-electron chi connectivity index (χ4n) is 2.95. The van der Waals surface area contributed by atoms with Crippen LogP contribution in [0.4, 0.5) is 0 Å². The van der Waals surface area contributed by atoms with Crippen LogP contribution in [0.15, 0.2) is 33.7 Å². The smallest absolute Gasteiger partial charge is 0.193 e. The van der Waals surface area contributed by atoms with Crippen LogP contribution in [0.3, 0.4) is 0 Å². The van der Waals surface area contributed by atoms with Gasteiger partial charge < -0.3 is 10.2 Å². The van der Waals surface area contributed by atoms with Crippen molar-refractivity contribution in [2.75, 3.05) is 26.7 Å². The number of nitrogens with zero attached hydrogens (tertiary/aromatic N) is 2. The molecule has 0 spiro atoms. The number of halogens is 1. The van der Waals surface area contributed by atoms with Gasteiger partial charge in [-0.25, -0.2) is 0 Å². The van der Waals surface area contributed by atoms with E-state index in [2.05, 4.69) is 62.5 Å². The molecule has 0 unspecified atom stereocenters. The van der Waals surface area contributed by atoms with Crippen LogP contribution in [0.25, 0.3) is 0 Å². The minimum atomic E-state index is 0.312. The van der Waals surface area contributed by atoms with Gasteiger partial charge in [-0.2, -0.15) is 0 Å². The lowest BCUT2D eigenvalue weighted by atomic mass is 9.64. The lowest BCUT2D eigenvalue weighted by molar-refractivity contribution is 0.242. The molecule has 1 N–H and O–H groups in total. The summed E-state index contributed by atoms with van der Waals surface area (Å²) in [5.74, 6) is 1.06. The van der Waals surface area contributed by atoms with Gasteiger partial charge in [0.2, 0.25) is 0 Å². The van der Waals surface area contributed by atoms with Crippen molar-refractivity contribution >= 4 is 21.9 Å². The summed E-state index contributed by atoms with van der Waals surface area (Å²) in [5, 5.41) is 3.55. The third-order valence-corrected chi connectivity index (χ3v) is 4.94. The van der Waals surface area contributed by atoms with Crippen molar-refractivity contribution in [1.29, 1.82) is 0 Å². The Morgan fingerprint density at radius 3 is 2.58 bits per heavy atom. The summed E-state index contributed by atoms with van der Waals surface area (Å²) in [6.07, 6.45) is 3.89. The van der Waals surface area contributed by atoms with Crippen molar-refractivity contribution in [3.05, 3.63) is 34.3 Å². The number of rotatable bonds is 3. The molecule has 1 aliphatic carbocycles. The molecule has 0 saturated heterocycles. The molecular weight excluding hydrogens is 302 g/mol. The molecular formula is C15H20BrN3. The molecule has 0 radical (unpaired) electrons. The van der Waals surface area contributed by atoms with Crippen LogP contribution in [0.5, 0.6) is 0 Å². The van der Waals surface area contributed by atoms with Gasteiger partial charge in [-0.15, -0.1) is 0 Å². The number of likely N-dealkylation sites (N-methyl/N-ethyl adjacent to an activating group) is 1. The monoisotopic (exact) mass is 321 g/mol. The minimum Gasteiger partial charge on any atom is -0.355 e. The first-order chi connectivity index (χ1) is 9.20. The molecule has 1 aromatic carbocycles. The summed E-state index contributed by atoms with van der Waals surface area (Å²) in [7, 11) is 2.10. The Hall–Kier alpha value is -1.03. The normalized spacial score (nSPS) is 20.9. The molecule has 3 rings (SSSR count). The minimum absolute atomic E-state index is 0.312. The first kappa shape index (κ1) is 13.0. The average Bonchev–Trinajstić information content (AvgIpc) is 2.76. The van der Waals surface area contributed by atoms with Gasteiger partial charge in [-0.05, 0) is 30.5 Å². The molecule has 1 fully saturated rings. The molecule has 0 bridgehead atoms. The zero-order valence-electron chi connectivity index (χ0n) is 11.3. The Morgan fingerprint density at radius 2 is 2.05 bits per heavy atom. The predicted molar refractivity (Wildman–Crippen MR) is 82.6 cm³/mol. The van der Waals surface area contributed by atoms with Gasteiger partial charge in [0.25, 0.3) is 0 Å². The highest BCUT2D eigenvalue weighted by atomic mass is 79.9. The van der Waals surface area contributed by atoms with Gasteiger partial charge in [0.05, 0.1) is 6.54 Å². The van der Waals surface area contributed by atoms with Gasteiger partial charge in [-0.1, -0.05) is 34.5 Å². The lowest BCUT2D eigenvalue weighted by Crippen LogP contribution is -2.48. The SMILES string of the molecule is CN1CCN=C1NCC1(c2ccc(Br)cc2)CCC1. The van der Waals surface area contributed by atoms with Gasteiger partial charge in [0, 0.05) is 30.0 Å². The fraction of sp³-hybridized carbons (Fsp3) is 0.533. The van der Waals surface area contributed by atoms with E-state index in [-0.39, 0.29) is 0 Å². The second kappa shape index (κ2) is 5.16.